The van der Waals surface area contributed by atoms with E-state index in [1.165, 1.54) is 18.8 Å². The van der Waals surface area contributed by atoms with Crippen LogP contribution in [0.3, 0.4) is 0 Å². The van der Waals surface area contributed by atoms with Gasteiger partial charge in [0.15, 0.2) is 5.75 Å². The number of H-pyrrole nitrogens is 1. The Balaban J connectivity index is 1.73. The van der Waals surface area contributed by atoms with Crippen LogP contribution < -0.4 is 26.5 Å². The van der Waals surface area contributed by atoms with Gasteiger partial charge in [-0.25, -0.2) is 24.1 Å². The molecule has 12 heteroatoms. The number of methoxy groups -OCH3 is 2. The molecule has 2 heterocycles. The predicted octanol–water partition coefficient (Wildman–Crippen LogP) is 3.28. The maximum atomic E-state index is 13.5. The number of hydrogen-bond donors (Lipinski definition) is 1. The lowest BCUT2D eigenvalue weighted by Gasteiger charge is -2.14. The first-order valence-electron chi connectivity index (χ1n) is 11.9. The number of carbonyl (C=O) groups excluding carboxylic acids is 1. The van der Waals surface area contributed by atoms with Crippen LogP contribution in [0.2, 0.25) is 5.02 Å². The van der Waals surface area contributed by atoms with E-state index in [1.54, 1.807) is 73.8 Å². The number of pyridine rings is 1. The minimum Gasteiger partial charge on any atom is -0.491 e. The Bertz CT molecular complexity index is 1640. The van der Waals surface area contributed by atoms with Crippen molar-refractivity contribution < 1.29 is 19.0 Å². The molecule has 0 spiro atoms. The van der Waals surface area contributed by atoms with Gasteiger partial charge in [-0.15, -0.1) is 0 Å². The number of rotatable bonds is 9. The van der Waals surface area contributed by atoms with Crippen molar-refractivity contribution in [3.63, 3.8) is 0 Å². The SMILES string of the molecule is COC(=O)[C@@H](C)Cn1c(=O)[nH]/c(=N\c2ccc(Oc3ncccc3OC)cc2)n(Cc2ccc(Cl)cc2)c1=O. The fraction of sp³-hybridized carbons (Fsp3) is 0.222. The van der Waals surface area contributed by atoms with E-state index in [2.05, 4.69) is 15.0 Å². The summed E-state index contributed by atoms with van der Waals surface area (Å²) in [7, 11) is 2.77. The van der Waals surface area contributed by atoms with Crippen molar-refractivity contribution in [3.8, 4) is 17.4 Å². The van der Waals surface area contributed by atoms with Crippen molar-refractivity contribution >= 4 is 23.3 Å². The zero-order valence-corrected chi connectivity index (χ0v) is 22.2. The third kappa shape index (κ3) is 6.63. The van der Waals surface area contributed by atoms with Crippen LogP contribution in [0.25, 0.3) is 0 Å². The van der Waals surface area contributed by atoms with E-state index in [0.717, 1.165) is 10.1 Å². The zero-order valence-electron chi connectivity index (χ0n) is 21.5. The molecule has 0 aliphatic heterocycles. The van der Waals surface area contributed by atoms with Crippen LogP contribution in [0.4, 0.5) is 5.69 Å². The van der Waals surface area contributed by atoms with Crippen molar-refractivity contribution in [3.05, 3.63) is 104 Å². The molecule has 0 aliphatic rings. The van der Waals surface area contributed by atoms with Gasteiger partial charge in [-0.2, -0.15) is 0 Å². The summed E-state index contributed by atoms with van der Waals surface area (Å²) in [5, 5.41) is 0.546. The molecule has 0 fully saturated rings. The number of aromatic nitrogens is 4. The normalized spacial score (nSPS) is 12.2. The third-order valence-electron chi connectivity index (χ3n) is 5.74. The number of nitrogens with zero attached hydrogens (tertiary/aromatic N) is 4. The van der Waals surface area contributed by atoms with Crippen LogP contribution in [0.15, 0.2) is 81.4 Å². The Morgan fingerprint density at radius 2 is 1.77 bits per heavy atom. The molecule has 202 valence electrons. The number of benzene rings is 2. The van der Waals surface area contributed by atoms with Gasteiger partial charge in [0.05, 0.1) is 32.4 Å². The highest BCUT2D eigenvalue weighted by Crippen LogP contribution is 2.29. The minimum absolute atomic E-state index is 0.0296. The lowest BCUT2D eigenvalue weighted by molar-refractivity contribution is -0.145. The van der Waals surface area contributed by atoms with Crippen LogP contribution in [-0.2, 0) is 22.6 Å². The van der Waals surface area contributed by atoms with Gasteiger partial charge in [-0.3, -0.25) is 14.3 Å². The molecule has 0 radical (unpaired) electrons. The van der Waals surface area contributed by atoms with Crippen LogP contribution in [0.5, 0.6) is 17.4 Å². The molecule has 0 saturated carbocycles. The van der Waals surface area contributed by atoms with Crippen molar-refractivity contribution in [1.29, 1.82) is 0 Å². The largest absolute Gasteiger partial charge is 0.491 e. The number of hydrogen-bond acceptors (Lipinski definition) is 8. The second-order valence-corrected chi connectivity index (χ2v) is 8.94. The molecular weight excluding hydrogens is 526 g/mol. The molecule has 0 amide bonds. The van der Waals surface area contributed by atoms with Crippen molar-refractivity contribution in [1.82, 2.24) is 19.1 Å². The number of halogens is 1. The van der Waals surface area contributed by atoms with Gasteiger partial charge in [0, 0.05) is 17.8 Å². The summed E-state index contributed by atoms with van der Waals surface area (Å²) in [6.07, 6.45) is 1.59. The van der Waals surface area contributed by atoms with Crippen LogP contribution in [0, 0.1) is 5.92 Å². The summed E-state index contributed by atoms with van der Waals surface area (Å²) in [6, 6.07) is 17.1. The average Bonchev–Trinajstić information content (AvgIpc) is 2.95. The van der Waals surface area contributed by atoms with E-state index in [4.69, 9.17) is 25.8 Å². The Morgan fingerprint density at radius 1 is 1.05 bits per heavy atom. The summed E-state index contributed by atoms with van der Waals surface area (Å²) in [5.41, 5.74) is -0.0991. The van der Waals surface area contributed by atoms with E-state index >= 15 is 0 Å². The van der Waals surface area contributed by atoms with Crippen LogP contribution >= 0.6 is 11.6 Å². The van der Waals surface area contributed by atoms with Gasteiger partial charge < -0.3 is 14.2 Å². The Labute approximate surface area is 227 Å². The molecule has 0 bridgehead atoms. The Hall–Kier alpha value is -4.64. The number of esters is 1. The molecule has 0 saturated heterocycles. The first-order chi connectivity index (χ1) is 18.8. The van der Waals surface area contributed by atoms with Gasteiger partial charge >= 0.3 is 17.3 Å². The lowest BCUT2D eigenvalue weighted by Crippen LogP contribution is -2.51. The Kier molecular flexibility index (Phi) is 8.62. The quantitative estimate of drug-likeness (QED) is 0.316. The van der Waals surface area contributed by atoms with Gasteiger partial charge in [-0.05, 0) is 54.1 Å². The van der Waals surface area contributed by atoms with E-state index in [0.29, 0.717) is 28.1 Å². The standard InChI is InChI=1S/C27H26ClN5O6/c1-17(24(34)38-3)15-33-26(35)31-25(32(27(33)36)16-18-6-8-19(28)9-7-18)30-20-10-12-21(13-11-20)39-23-22(37-2)5-4-14-29-23/h4-14,17H,15-16H2,1-3H3,(H,30,31,35)/t17-/m0/s1. The minimum atomic E-state index is -0.717. The summed E-state index contributed by atoms with van der Waals surface area (Å²) < 4.78 is 18.1. The van der Waals surface area contributed by atoms with Gasteiger partial charge in [0.1, 0.15) is 5.75 Å². The maximum absolute atomic E-state index is 13.5. The fourth-order valence-electron chi connectivity index (χ4n) is 3.70. The summed E-state index contributed by atoms with van der Waals surface area (Å²) in [4.78, 5) is 49.6. The van der Waals surface area contributed by atoms with Crippen LogP contribution in [0.1, 0.15) is 12.5 Å². The lowest BCUT2D eigenvalue weighted by atomic mass is 10.2. The second kappa shape index (κ2) is 12.3. The number of nitrogens with one attached hydrogen (secondary N) is 1. The molecule has 4 rings (SSSR count). The van der Waals surface area contributed by atoms with E-state index in [1.807, 2.05) is 0 Å². The highest BCUT2D eigenvalue weighted by molar-refractivity contribution is 6.30. The molecule has 11 nitrogen and oxygen atoms in total. The topological polar surface area (TPSA) is 130 Å². The third-order valence-corrected chi connectivity index (χ3v) is 5.99. The van der Waals surface area contributed by atoms with Crippen molar-refractivity contribution in [2.75, 3.05) is 14.2 Å². The molecule has 2 aromatic heterocycles. The molecule has 0 unspecified atom stereocenters. The summed E-state index contributed by atoms with van der Waals surface area (Å²) in [5.74, 6) is 0.0188. The zero-order chi connectivity index (χ0) is 27.9. The van der Waals surface area contributed by atoms with Gasteiger partial charge in [0.25, 0.3) is 5.88 Å². The van der Waals surface area contributed by atoms with Crippen molar-refractivity contribution in [2.45, 2.75) is 20.0 Å². The highest BCUT2D eigenvalue weighted by atomic mass is 35.5. The fourth-order valence-corrected chi connectivity index (χ4v) is 3.82. The molecule has 4 aromatic rings. The van der Waals surface area contributed by atoms with Crippen molar-refractivity contribution in [2.24, 2.45) is 10.9 Å². The van der Waals surface area contributed by atoms with Crippen LogP contribution in [-0.4, -0.2) is 39.3 Å². The van der Waals surface area contributed by atoms with Gasteiger partial charge in [-0.1, -0.05) is 30.7 Å². The molecule has 2 aromatic carbocycles. The number of aromatic amines is 1. The average molecular weight is 552 g/mol. The number of carbonyl (C=O) groups is 1. The molecule has 1 N–H and O–H groups in total. The smallest absolute Gasteiger partial charge is 0.335 e. The van der Waals surface area contributed by atoms with E-state index < -0.39 is 23.3 Å². The molecule has 0 aliphatic carbocycles. The highest BCUT2D eigenvalue weighted by Gasteiger charge is 2.18. The second-order valence-electron chi connectivity index (χ2n) is 8.50. The monoisotopic (exact) mass is 551 g/mol. The first kappa shape index (κ1) is 27.4. The number of ether oxygens (including phenoxy) is 3. The summed E-state index contributed by atoms with van der Waals surface area (Å²) in [6.45, 7) is 1.51. The Morgan fingerprint density at radius 3 is 2.44 bits per heavy atom. The predicted molar refractivity (Wildman–Crippen MR) is 144 cm³/mol. The molecule has 39 heavy (non-hydrogen) atoms. The van der Waals surface area contributed by atoms with Gasteiger partial charge in [0.2, 0.25) is 5.62 Å². The molecular formula is C27H26ClN5O6. The first-order valence-corrected chi connectivity index (χ1v) is 12.2. The molecule has 1 atom stereocenters. The summed E-state index contributed by atoms with van der Waals surface area (Å²) >= 11 is 6.01. The maximum Gasteiger partial charge on any atom is 0.335 e. The van der Waals surface area contributed by atoms with E-state index in [9.17, 15) is 14.4 Å². The van der Waals surface area contributed by atoms with E-state index in [-0.39, 0.29) is 18.7 Å².